The van der Waals surface area contributed by atoms with Crippen LogP contribution in [0.5, 0.6) is 5.75 Å². The molecule has 2 nitrogen and oxygen atoms in total. The first kappa shape index (κ1) is 13.9. The molecule has 1 unspecified atom stereocenters. The lowest BCUT2D eigenvalue weighted by Gasteiger charge is -2.27. The predicted octanol–water partition coefficient (Wildman–Crippen LogP) is 4.12. The van der Waals surface area contributed by atoms with E-state index in [2.05, 4.69) is 25.1 Å². The van der Waals surface area contributed by atoms with Gasteiger partial charge in [0, 0.05) is 17.0 Å². The van der Waals surface area contributed by atoms with Gasteiger partial charge < -0.3 is 10.5 Å². The second kappa shape index (κ2) is 5.40. The molecule has 110 valence electrons. The minimum Gasteiger partial charge on any atom is -0.496 e. The highest BCUT2D eigenvalue weighted by Crippen LogP contribution is 2.54. The van der Waals surface area contributed by atoms with Gasteiger partial charge in [0.2, 0.25) is 0 Å². The molecule has 0 spiro atoms. The van der Waals surface area contributed by atoms with E-state index in [1.54, 1.807) is 7.11 Å². The molecule has 0 heterocycles. The zero-order valence-electron chi connectivity index (χ0n) is 12.8. The first-order chi connectivity index (χ1) is 9.67. The van der Waals surface area contributed by atoms with Crippen molar-refractivity contribution in [2.75, 3.05) is 7.11 Å². The zero-order valence-corrected chi connectivity index (χ0v) is 12.8. The third kappa shape index (κ3) is 2.35. The van der Waals surface area contributed by atoms with Gasteiger partial charge in [0.15, 0.2) is 0 Å². The SMILES string of the molecule is COc1ccc(C2CCCCC2)cc1C1(C(C)N)CC1. The summed E-state index contributed by atoms with van der Waals surface area (Å²) in [5.74, 6) is 1.77. The molecule has 0 aromatic heterocycles. The van der Waals surface area contributed by atoms with Crippen molar-refractivity contribution in [2.45, 2.75) is 69.2 Å². The van der Waals surface area contributed by atoms with E-state index in [0.29, 0.717) is 0 Å². The summed E-state index contributed by atoms with van der Waals surface area (Å²) < 4.78 is 5.61. The van der Waals surface area contributed by atoms with Gasteiger partial charge in [-0.15, -0.1) is 0 Å². The van der Waals surface area contributed by atoms with Crippen LogP contribution in [0, 0.1) is 0 Å². The molecule has 2 aliphatic carbocycles. The van der Waals surface area contributed by atoms with Crippen molar-refractivity contribution in [1.29, 1.82) is 0 Å². The molecule has 20 heavy (non-hydrogen) atoms. The fourth-order valence-electron chi connectivity index (χ4n) is 3.91. The molecule has 2 aliphatic rings. The van der Waals surface area contributed by atoms with Crippen LogP contribution in [0.1, 0.15) is 68.9 Å². The second-order valence-electron chi connectivity index (χ2n) is 6.74. The molecule has 1 aromatic carbocycles. The maximum Gasteiger partial charge on any atom is 0.122 e. The van der Waals surface area contributed by atoms with Crippen molar-refractivity contribution >= 4 is 0 Å². The number of benzene rings is 1. The van der Waals surface area contributed by atoms with Gasteiger partial charge >= 0.3 is 0 Å². The normalized spacial score (nSPS) is 23.4. The molecule has 1 atom stereocenters. The molecular formula is C18H27NO. The summed E-state index contributed by atoms with van der Waals surface area (Å²) >= 11 is 0. The lowest BCUT2D eigenvalue weighted by atomic mass is 9.81. The Morgan fingerprint density at radius 1 is 1.20 bits per heavy atom. The van der Waals surface area contributed by atoms with E-state index < -0.39 is 0 Å². The van der Waals surface area contributed by atoms with Crippen LogP contribution in [0.25, 0.3) is 0 Å². The average Bonchev–Trinajstić information content (AvgIpc) is 3.29. The molecule has 0 amide bonds. The molecule has 2 heteroatoms. The van der Waals surface area contributed by atoms with Crippen LogP contribution in [-0.2, 0) is 5.41 Å². The summed E-state index contributed by atoms with van der Waals surface area (Å²) in [6.45, 7) is 2.14. The minimum absolute atomic E-state index is 0.177. The predicted molar refractivity (Wildman–Crippen MR) is 83.4 cm³/mol. The third-order valence-electron chi connectivity index (χ3n) is 5.50. The van der Waals surface area contributed by atoms with E-state index in [1.165, 1.54) is 56.1 Å². The number of rotatable bonds is 4. The summed E-state index contributed by atoms with van der Waals surface area (Å²) in [4.78, 5) is 0. The van der Waals surface area contributed by atoms with Gasteiger partial charge in [-0.2, -0.15) is 0 Å². The van der Waals surface area contributed by atoms with E-state index >= 15 is 0 Å². The Labute approximate surface area is 122 Å². The summed E-state index contributed by atoms with van der Waals surface area (Å²) in [6, 6.07) is 7.06. The van der Waals surface area contributed by atoms with Crippen LogP contribution in [-0.4, -0.2) is 13.2 Å². The maximum absolute atomic E-state index is 6.26. The monoisotopic (exact) mass is 273 g/mol. The number of nitrogens with two attached hydrogens (primary N) is 1. The van der Waals surface area contributed by atoms with E-state index in [9.17, 15) is 0 Å². The molecule has 1 aromatic rings. The van der Waals surface area contributed by atoms with Crippen molar-refractivity contribution in [3.63, 3.8) is 0 Å². The number of hydrogen-bond donors (Lipinski definition) is 1. The fourth-order valence-corrected chi connectivity index (χ4v) is 3.91. The fraction of sp³-hybridized carbons (Fsp3) is 0.667. The third-order valence-corrected chi connectivity index (χ3v) is 5.50. The van der Waals surface area contributed by atoms with Crippen LogP contribution >= 0.6 is 0 Å². The number of ether oxygens (including phenoxy) is 1. The Kier molecular flexibility index (Phi) is 3.76. The largest absolute Gasteiger partial charge is 0.496 e. The van der Waals surface area contributed by atoms with Gasteiger partial charge in [-0.3, -0.25) is 0 Å². The van der Waals surface area contributed by atoms with Crippen molar-refractivity contribution in [3.05, 3.63) is 29.3 Å². The topological polar surface area (TPSA) is 35.2 Å². The maximum atomic E-state index is 6.26. The van der Waals surface area contributed by atoms with Gasteiger partial charge in [-0.1, -0.05) is 31.4 Å². The van der Waals surface area contributed by atoms with Gasteiger partial charge in [-0.05, 0) is 50.2 Å². The van der Waals surface area contributed by atoms with E-state index in [1.807, 2.05) is 0 Å². The lowest BCUT2D eigenvalue weighted by molar-refractivity contribution is 0.396. The molecule has 0 bridgehead atoms. The van der Waals surface area contributed by atoms with Crippen molar-refractivity contribution < 1.29 is 4.74 Å². The van der Waals surface area contributed by atoms with Crippen LogP contribution in [0.3, 0.4) is 0 Å². The minimum atomic E-state index is 0.177. The van der Waals surface area contributed by atoms with E-state index in [4.69, 9.17) is 10.5 Å². The Morgan fingerprint density at radius 2 is 1.90 bits per heavy atom. The van der Waals surface area contributed by atoms with Crippen LogP contribution in [0.15, 0.2) is 18.2 Å². The molecule has 0 aliphatic heterocycles. The van der Waals surface area contributed by atoms with Gasteiger partial charge in [0.05, 0.1) is 7.11 Å². The highest BCUT2D eigenvalue weighted by atomic mass is 16.5. The molecule has 2 fully saturated rings. The van der Waals surface area contributed by atoms with Crippen molar-refractivity contribution in [1.82, 2.24) is 0 Å². The number of hydrogen-bond acceptors (Lipinski definition) is 2. The first-order valence-corrected chi connectivity index (χ1v) is 8.11. The second-order valence-corrected chi connectivity index (χ2v) is 6.74. The average molecular weight is 273 g/mol. The highest BCUT2D eigenvalue weighted by molar-refractivity contribution is 5.47. The van der Waals surface area contributed by atoms with Crippen molar-refractivity contribution in [2.24, 2.45) is 5.73 Å². The zero-order chi connectivity index (χ0) is 14.2. The summed E-state index contributed by atoms with van der Waals surface area (Å²) in [5.41, 5.74) is 9.30. The molecule has 0 radical (unpaired) electrons. The van der Waals surface area contributed by atoms with Gasteiger partial charge in [-0.25, -0.2) is 0 Å². The molecular weight excluding hydrogens is 246 g/mol. The van der Waals surface area contributed by atoms with E-state index in [-0.39, 0.29) is 11.5 Å². The molecule has 2 saturated carbocycles. The Bertz CT molecular complexity index is 470. The van der Waals surface area contributed by atoms with Gasteiger partial charge in [0.1, 0.15) is 5.75 Å². The standard InChI is InChI=1S/C18H27NO/c1-13(19)18(10-11-18)16-12-15(8-9-17(16)20-2)14-6-4-3-5-7-14/h8-9,12-14H,3-7,10-11,19H2,1-2H3. The smallest absolute Gasteiger partial charge is 0.122 e. The Balaban J connectivity index is 1.95. The van der Waals surface area contributed by atoms with Crippen LogP contribution in [0.4, 0.5) is 0 Å². The van der Waals surface area contributed by atoms with Crippen LogP contribution < -0.4 is 10.5 Å². The van der Waals surface area contributed by atoms with Gasteiger partial charge in [0.25, 0.3) is 0 Å². The molecule has 2 N–H and O–H groups in total. The number of methoxy groups -OCH3 is 1. The quantitative estimate of drug-likeness (QED) is 0.895. The molecule has 0 saturated heterocycles. The summed E-state index contributed by atoms with van der Waals surface area (Å²) in [7, 11) is 1.77. The van der Waals surface area contributed by atoms with Crippen LogP contribution in [0.2, 0.25) is 0 Å². The Morgan fingerprint density at radius 3 is 2.45 bits per heavy atom. The lowest BCUT2D eigenvalue weighted by Crippen LogP contribution is -2.32. The van der Waals surface area contributed by atoms with E-state index in [0.717, 1.165) is 11.7 Å². The molecule has 3 rings (SSSR count). The summed E-state index contributed by atoms with van der Waals surface area (Å²) in [6.07, 6.45) is 9.26. The Hall–Kier alpha value is -1.02. The highest BCUT2D eigenvalue weighted by Gasteiger charge is 2.49. The van der Waals surface area contributed by atoms with Crippen molar-refractivity contribution in [3.8, 4) is 5.75 Å². The summed E-state index contributed by atoms with van der Waals surface area (Å²) in [5, 5.41) is 0. The first-order valence-electron chi connectivity index (χ1n) is 8.11.